The van der Waals surface area contributed by atoms with Gasteiger partial charge < -0.3 is 10.0 Å². The number of nitrogens with zero attached hydrogens (tertiary/aromatic N) is 2. The SMILES string of the molecule is CN(CCO)C(=O)c1cc(Br)cc([N+](=O)[O-])c1Cl. The molecule has 0 aliphatic heterocycles. The van der Waals surface area contributed by atoms with Gasteiger partial charge >= 0.3 is 0 Å². The van der Waals surface area contributed by atoms with Crippen LogP contribution < -0.4 is 0 Å². The summed E-state index contributed by atoms with van der Waals surface area (Å²) < 4.78 is 0.388. The zero-order valence-electron chi connectivity index (χ0n) is 9.39. The van der Waals surface area contributed by atoms with E-state index in [0.717, 1.165) is 0 Å². The van der Waals surface area contributed by atoms with E-state index in [4.69, 9.17) is 16.7 Å². The minimum atomic E-state index is -0.657. The van der Waals surface area contributed by atoms with Crippen molar-refractivity contribution in [3.05, 3.63) is 37.3 Å². The van der Waals surface area contributed by atoms with Crippen LogP contribution in [0.1, 0.15) is 10.4 Å². The highest BCUT2D eigenvalue weighted by Gasteiger charge is 2.23. The van der Waals surface area contributed by atoms with Crippen molar-refractivity contribution in [2.45, 2.75) is 0 Å². The summed E-state index contributed by atoms with van der Waals surface area (Å²) in [5, 5.41) is 19.3. The molecule has 0 atom stereocenters. The predicted molar refractivity (Wildman–Crippen MR) is 69.9 cm³/mol. The van der Waals surface area contributed by atoms with E-state index in [1.54, 1.807) is 0 Å². The van der Waals surface area contributed by atoms with Crippen LogP contribution in [0, 0.1) is 10.1 Å². The molecule has 0 saturated heterocycles. The second-order valence-corrected chi connectivity index (χ2v) is 4.79. The molecule has 18 heavy (non-hydrogen) atoms. The van der Waals surface area contributed by atoms with Gasteiger partial charge in [-0.2, -0.15) is 0 Å². The average Bonchev–Trinajstić information content (AvgIpc) is 2.30. The van der Waals surface area contributed by atoms with Crippen molar-refractivity contribution in [2.75, 3.05) is 20.2 Å². The van der Waals surface area contributed by atoms with Crippen LogP contribution in [0.2, 0.25) is 5.02 Å². The van der Waals surface area contributed by atoms with Crippen LogP contribution in [0.4, 0.5) is 5.69 Å². The van der Waals surface area contributed by atoms with Crippen molar-refractivity contribution in [3.8, 4) is 0 Å². The average molecular weight is 338 g/mol. The van der Waals surface area contributed by atoms with E-state index < -0.39 is 10.8 Å². The lowest BCUT2D eigenvalue weighted by Gasteiger charge is -2.16. The summed E-state index contributed by atoms with van der Waals surface area (Å²) in [5.41, 5.74) is -0.319. The maximum Gasteiger partial charge on any atom is 0.289 e. The number of benzene rings is 1. The molecule has 6 nitrogen and oxygen atoms in total. The van der Waals surface area contributed by atoms with Gasteiger partial charge in [0.25, 0.3) is 11.6 Å². The molecule has 0 unspecified atom stereocenters. The van der Waals surface area contributed by atoms with Crippen molar-refractivity contribution < 1.29 is 14.8 Å². The van der Waals surface area contributed by atoms with Crippen LogP contribution in [-0.4, -0.2) is 41.0 Å². The van der Waals surface area contributed by atoms with Crippen LogP contribution >= 0.6 is 27.5 Å². The summed E-state index contributed by atoms with van der Waals surface area (Å²) in [5.74, 6) is -0.488. The number of rotatable bonds is 4. The second-order valence-electron chi connectivity index (χ2n) is 3.49. The lowest BCUT2D eigenvalue weighted by molar-refractivity contribution is -0.384. The number of nitro benzene ring substituents is 1. The highest BCUT2D eigenvalue weighted by molar-refractivity contribution is 9.10. The Morgan fingerprint density at radius 1 is 1.61 bits per heavy atom. The number of carbonyl (C=O) groups excluding carboxylic acids is 1. The van der Waals surface area contributed by atoms with Crippen molar-refractivity contribution in [2.24, 2.45) is 0 Å². The number of hydrogen-bond donors (Lipinski definition) is 1. The molecule has 0 heterocycles. The Kier molecular flexibility index (Phi) is 5.06. The summed E-state index contributed by atoms with van der Waals surface area (Å²) in [7, 11) is 1.47. The molecule has 0 radical (unpaired) electrons. The molecular weight excluding hydrogens is 327 g/mol. The number of likely N-dealkylation sites (N-methyl/N-ethyl adjacent to an activating group) is 1. The molecule has 1 N–H and O–H groups in total. The molecule has 0 bridgehead atoms. The van der Waals surface area contributed by atoms with E-state index >= 15 is 0 Å². The fraction of sp³-hybridized carbons (Fsp3) is 0.300. The van der Waals surface area contributed by atoms with Crippen molar-refractivity contribution in [3.63, 3.8) is 0 Å². The molecule has 0 spiro atoms. The van der Waals surface area contributed by atoms with Gasteiger partial charge in [-0.3, -0.25) is 14.9 Å². The summed E-state index contributed by atoms with van der Waals surface area (Å²) in [6, 6.07) is 2.64. The molecule has 0 fully saturated rings. The molecule has 1 aromatic rings. The quantitative estimate of drug-likeness (QED) is 0.673. The smallest absolute Gasteiger partial charge is 0.289 e. The minimum absolute atomic E-state index is 0.0219. The number of aliphatic hydroxyl groups excluding tert-OH is 1. The monoisotopic (exact) mass is 336 g/mol. The van der Waals surface area contributed by atoms with Gasteiger partial charge in [-0.15, -0.1) is 0 Å². The van der Waals surface area contributed by atoms with Crippen molar-refractivity contribution >= 4 is 39.1 Å². The summed E-state index contributed by atoms with van der Waals surface area (Å²) >= 11 is 8.93. The van der Waals surface area contributed by atoms with Gasteiger partial charge in [0.05, 0.1) is 17.1 Å². The van der Waals surface area contributed by atoms with E-state index in [0.29, 0.717) is 4.47 Å². The summed E-state index contributed by atoms with van der Waals surface area (Å²) in [4.78, 5) is 23.3. The van der Waals surface area contributed by atoms with Gasteiger partial charge in [-0.1, -0.05) is 27.5 Å². The van der Waals surface area contributed by atoms with Crippen molar-refractivity contribution in [1.29, 1.82) is 0 Å². The van der Waals surface area contributed by atoms with Crippen LogP contribution in [0.5, 0.6) is 0 Å². The molecular formula is C10H10BrClN2O4. The van der Waals surface area contributed by atoms with Gasteiger partial charge in [-0.05, 0) is 6.07 Å². The topological polar surface area (TPSA) is 83.7 Å². The first-order valence-electron chi connectivity index (χ1n) is 4.88. The summed E-state index contributed by atoms with van der Waals surface area (Å²) in [6.07, 6.45) is 0. The fourth-order valence-electron chi connectivity index (χ4n) is 1.32. The van der Waals surface area contributed by atoms with Crippen LogP contribution in [0.15, 0.2) is 16.6 Å². The molecule has 1 aromatic carbocycles. The fourth-order valence-corrected chi connectivity index (χ4v) is 2.03. The number of aliphatic hydroxyl groups is 1. The maximum atomic E-state index is 12.0. The van der Waals surface area contributed by atoms with Gasteiger partial charge in [0.1, 0.15) is 5.02 Å². The highest BCUT2D eigenvalue weighted by atomic mass is 79.9. The molecule has 1 rings (SSSR count). The Labute approximate surface area is 116 Å². The lowest BCUT2D eigenvalue weighted by atomic mass is 10.1. The number of halogens is 2. The number of nitro groups is 1. The van der Waals surface area contributed by atoms with Gasteiger partial charge in [-0.25, -0.2) is 0 Å². The van der Waals surface area contributed by atoms with Gasteiger partial charge in [0, 0.05) is 24.1 Å². The number of carbonyl (C=O) groups is 1. The standard InChI is InChI=1S/C10H10BrClN2O4/c1-13(2-3-15)10(16)7-4-6(11)5-8(9(7)12)14(17)18/h4-5,15H,2-3H2,1H3. The number of amides is 1. The van der Waals surface area contributed by atoms with Crippen LogP contribution in [0.25, 0.3) is 0 Å². The molecule has 0 aromatic heterocycles. The van der Waals surface area contributed by atoms with E-state index in [1.807, 2.05) is 0 Å². The lowest BCUT2D eigenvalue weighted by Crippen LogP contribution is -2.29. The third kappa shape index (κ3) is 3.18. The van der Waals surface area contributed by atoms with E-state index in [2.05, 4.69) is 15.9 Å². The van der Waals surface area contributed by atoms with Gasteiger partial charge in [0.15, 0.2) is 0 Å². The largest absolute Gasteiger partial charge is 0.395 e. The van der Waals surface area contributed by atoms with Crippen LogP contribution in [0.3, 0.4) is 0 Å². The number of hydrogen-bond acceptors (Lipinski definition) is 4. The van der Waals surface area contributed by atoms with E-state index in [1.165, 1.54) is 24.1 Å². The molecule has 98 valence electrons. The minimum Gasteiger partial charge on any atom is -0.395 e. The van der Waals surface area contributed by atoms with Gasteiger partial charge in [0.2, 0.25) is 0 Å². The third-order valence-electron chi connectivity index (χ3n) is 2.23. The maximum absolute atomic E-state index is 12.0. The first kappa shape index (κ1) is 14.9. The Morgan fingerprint density at radius 2 is 2.22 bits per heavy atom. The molecule has 8 heteroatoms. The highest BCUT2D eigenvalue weighted by Crippen LogP contribution is 2.32. The Bertz CT molecular complexity index is 495. The molecule has 0 saturated carbocycles. The third-order valence-corrected chi connectivity index (χ3v) is 3.08. The Morgan fingerprint density at radius 3 is 2.72 bits per heavy atom. The Hall–Kier alpha value is -1.18. The zero-order chi connectivity index (χ0) is 13.9. The first-order chi connectivity index (χ1) is 8.38. The molecule has 0 aliphatic rings. The van der Waals surface area contributed by atoms with Crippen molar-refractivity contribution in [1.82, 2.24) is 4.90 Å². The van der Waals surface area contributed by atoms with E-state index in [9.17, 15) is 14.9 Å². The second kappa shape index (κ2) is 6.12. The van der Waals surface area contributed by atoms with E-state index in [-0.39, 0.29) is 29.4 Å². The molecule has 1 amide bonds. The zero-order valence-corrected chi connectivity index (χ0v) is 11.7. The first-order valence-corrected chi connectivity index (χ1v) is 6.05. The van der Waals surface area contributed by atoms with Crippen LogP contribution in [-0.2, 0) is 0 Å². The Balaban J connectivity index is 3.24. The normalized spacial score (nSPS) is 10.2. The molecule has 0 aliphatic carbocycles. The summed E-state index contributed by atoms with van der Waals surface area (Å²) in [6.45, 7) is -0.0779. The predicted octanol–water partition coefficient (Wildman–Crippen LogP) is 2.07.